The first-order valence-electron chi connectivity index (χ1n) is 2.09. The molecule has 4 heteroatoms. The highest BCUT2D eigenvalue weighted by molar-refractivity contribution is 7.59. The number of aliphatic hydroxyl groups excluding tert-OH is 1. The smallest absolute Gasteiger partial charge is 0.332 e. The van der Waals surface area contributed by atoms with Crippen molar-refractivity contribution in [3.63, 3.8) is 0 Å². The van der Waals surface area contributed by atoms with Crippen molar-refractivity contribution in [3.05, 3.63) is 0 Å². The predicted molar refractivity (Wildman–Crippen MR) is 34.3 cm³/mol. The van der Waals surface area contributed by atoms with Crippen LogP contribution in [-0.2, 0) is 4.79 Å². The molecule has 0 heterocycles. The van der Waals surface area contributed by atoms with Crippen LogP contribution in [0.3, 0.4) is 0 Å². The first-order chi connectivity index (χ1) is 3.18. The zero-order valence-corrected chi connectivity index (χ0v) is 5.59. The largest absolute Gasteiger partial charge is 0.479 e. The maximum absolute atomic E-state index is 9.68. The molecule has 0 rings (SSSR count). The summed E-state index contributed by atoms with van der Waals surface area (Å²) in [4.78, 5) is 9.68. The molecular formula is C4H10O3S. The highest BCUT2D eigenvalue weighted by Crippen LogP contribution is 1.86. The van der Waals surface area contributed by atoms with Gasteiger partial charge in [0.05, 0.1) is 0 Å². The minimum absolute atomic E-state index is 0. The van der Waals surface area contributed by atoms with Crippen LogP contribution in [0.15, 0.2) is 0 Å². The van der Waals surface area contributed by atoms with Crippen LogP contribution in [0.5, 0.6) is 0 Å². The van der Waals surface area contributed by atoms with Crippen molar-refractivity contribution in [2.45, 2.75) is 19.4 Å². The van der Waals surface area contributed by atoms with Crippen molar-refractivity contribution >= 4 is 19.5 Å². The van der Waals surface area contributed by atoms with E-state index in [9.17, 15) is 4.79 Å². The van der Waals surface area contributed by atoms with E-state index >= 15 is 0 Å². The Labute approximate surface area is 54.8 Å². The molecule has 0 saturated heterocycles. The number of aliphatic hydroxyl groups is 1. The lowest BCUT2D eigenvalue weighted by Gasteiger charge is -1.95. The van der Waals surface area contributed by atoms with Gasteiger partial charge < -0.3 is 10.2 Å². The molecule has 0 aliphatic heterocycles. The molecule has 0 aliphatic rings. The Balaban J connectivity index is 0. The monoisotopic (exact) mass is 138 g/mol. The number of rotatable bonds is 2. The standard InChI is InChI=1S/C4H8O3.H2S/c1-2-3(5)4(6)7;/h3,5H,2H2,1H3,(H,6,7);1H2. The number of carboxylic acids is 1. The summed E-state index contributed by atoms with van der Waals surface area (Å²) in [6, 6.07) is 0. The number of aliphatic carboxylic acids is 1. The van der Waals surface area contributed by atoms with E-state index in [4.69, 9.17) is 10.2 Å². The van der Waals surface area contributed by atoms with E-state index in [0.717, 1.165) is 0 Å². The van der Waals surface area contributed by atoms with Gasteiger partial charge in [-0.1, -0.05) is 6.92 Å². The molecule has 8 heavy (non-hydrogen) atoms. The second-order valence-electron chi connectivity index (χ2n) is 1.26. The molecule has 0 fully saturated rings. The Morgan fingerprint density at radius 1 is 1.75 bits per heavy atom. The Kier molecular flexibility index (Phi) is 6.59. The molecule has 2 N–H and O–H groups in total. The number of hydrogen-bond donors (Lipinski definition) is 2. The van der Waals surface area contributed by atoms with Crippen LogP contribution in [0.25, 0.3) is 0 Å². The van der Waals surface area contributed by atoms with E-state index < -0.39 is 12.1 Å². The van der Waals surface area contributed by atoms with Gasteiger partial charge in [-0.05, 0) is 6.42 Å². The van der Waals surface area contributed by atoms with Gasteiger partial charge in [0.15, 0.2) is 6.10 Å². The van der Waals surface area contributed by atoms with Gasteiger partial charge in [0, 0.05) is 0 Å². The summed E-state index contributed by atoms with van der Waals surface area (Å²) in [7, 11) is 0. The Hall–Kier alpha value is -0.220. The Bertz CT molecular complexity index is 73.7. The number of carboxylic acid groups (broad SMARTS) is 1. The minimum Gasteiger partial charge on any atom is -0.479 e. The molecular weight excluding hydrogens is 128 g/mol. The molecule has 0 amide bonds. The highest BCUT2D eigenvalue weighted by Gasteiger charge is 2.07. The van der Waals surface area contributed by atoms with Crippen LogP contribution >= 0.6 is 13.5 Å². The number of carbonyl (C=O) groups is 1. The third-order valence-corrected chi connectivity index (χ3v) is 0.672. The summed E-state index contributed by atoms with van der Waals surface area (Å²) < 4.78 is 0. The molecule has 0 aromatic heterocycles. The molecule has 0 bridgehead atoms. The van der Waals surface area contributed by atoms with Gasteiger partial charge in [-0.2, -0.15) is 13.5 Å². The molecule has 0 aromatic carbocycles. The van der Waals surface area contributed by atoms with E-state index in [1.807, 2.05) is 0 Å². The zero-order chi connectivity index (χ0) is 5.86. The quantitative estimate of drug-likeness (QED) is 0.562. The fraction of sp³-hybridized carbons (Fsp3) is 0.750. The normalized spacial score (nSPS) is 11.8. The lowest BCUT2D eigenvalue weighted by atomic mass is 10.3. The SMILES string of the molecule is CCC(O)C(=O)O.S. The third kappa shape index (κ3) is 3.95. The molecule has 1 unspecified atom stereocenters. The van der Waals surface area contributed by atoms with Crippen molar-refractivity contribution in [1.29, 1.82) is 0 Å². The lowest BCUT2D eigenvalue weighted by Crippen LogP contribution is -2.17. The van der Waals surface area contributed by atoms with Crippen LogP contribution < -0.4 is 0 Å². The molecule has 0 aliphatic carbocycles. The van der Waals surface area contributed by atoms with Crippen molar-refractivity contribution in [2.75, 3.05) is 0 Å². The first kappa shape index (κ1) is 10.7. The predicted octanol–water partition coefficient (Wildman–Crippen LogP) is -0.0453. The molecule has 0 radical (unpaired) electrons. The van der Waals surface area contributed by atoms with Gasteiger partial charge in [0.2, 0.25) is 0 Å². The highest BCUT2D eigenvalue weighted by atomic mass is 32.1. The molecule has 3 nitrogen and oxygen atoms in total. The van der Waals surface area contributed by atoms with Crippen LogP contribution in [-0.4, -0.2) is 22.3 Å². The van der Waals surface area contributed by atoms with Crippen LogP contribution in [0.2, 0.25) is 0 Å². The van der Waals surface area contributed by atoms with Gasteiger partial charge in [-0.25, -0.2) is 4.79 Å². The van der Waals surface area contributed by atoms with E-state index in [2.05, 4.69) is 0 Å². The van der Waals surface area contributed by atoms with Gasteiger partial charge >= 0.3 is 5.97 Å². The van der Waals surface area contributed by atoms with Crippen molar-refractivity contribution < 1.29 is 15.0 Å². The van der Waals surface area contributed by atoms with E-state index in [0.29, 0.717) is 0 Å². The summed E-state index contributed by atoms with van der Waals surface area (Å²) >= 11 is 0. The van der Waals surface area contributed by atoms with Crippen LogP contribution in [0.4, 0.5) is 0 Å². The fourth-order valence-corrected chi connectivity index (χ4v) is 0.175. The summed E-state index contributed by atoms with van der Waals surface area (Å²) in [5, 5.41) is 16.3. The molecule has 0 saturated carbocycles. The Morgan fingerprint density at radius 3 is 2.12 bits per heavy atom. The average molecular weight is 138 g/mol. The molecule has 0 spiro atoms. The van der Waals surface area contributed by atoms with Crippen molar-refractivity contribution in [2.24, 2.45) is 0 Å². The zero-order valence-electron chi connectivity index (χ0n) is 4.59. The van der Waals surface area contributed by atoms with Gasteiger partial charge in [-0.15, -0.1) is 0 Å². The third-order valence-electron chi connectivity index (χ3n) is 0.672. The maximum atomic E-state index is 9.68. The topological polar surface area (TPSA) is 57.5 Å². The lowest BCUT2D eigenvalue weighted by molar-refractivity contribution is -0.146. The van der Waals surface area contributed by atoms with E-state index in [-0.39, 0.29) is 19.9 Å². The van der Waals surface area contributed by atoms with Crippen LogP contribution in [0, 0.1) is 0 Å². The average Bonchev–Trinajstić information content (AvgIpc) is 1.65. The van der Waals surface area contributed by atoms with Crippen molar-refractivity contribution in [3.8, 4) is 0 Å². The van der Waals surface area contributed by atoms with E-state index in [1.165, 1.54) is 0 Å². The second kappa shape index (κ2) is 4.93. The molecule has 0 aromatic rings. The molecule has 1 atom stereocenters. The fourth-order valence-electron chi connectivity index (χ4n) is 0.175. The first-order valence-corrected chi connectivity index (χ1v) is 2.09. The van der Waals surface area contributed by atoms with E-state index in [1.54, 1.807) is 6.92 Å². The van der Waals surface area contributed by atoms with Crippen molar-refractivity contribution in [1.82, 2.24) is 0 Å². The summed E-state index contributed by atoms with van der Waals surface area (Å²) in [6.07, 6.45) is -0.907. The molecule has 50 valence electrons. The van der Waals surface area contributed by atoms with Gasteiger partial charge in [-0.3, -0.25) is 0 Å². The van der Waals surface area contributed by atoms with Gasteiger partial charge in [0.1, 0.15) is 0 Å². The summed E-state index contributed by atoms with van der Waals surface area (Å²) in [5.41, 5.74) is 0. The summed E-state index contributed by atoms with van der Waals surface area (Å²) in [6.45, 7) is 1.61. The van der Waals surface area contributed by atoms with Crippen LogP contribution in [0.1, 0.15) is 13.3 Å². The minimum atomic E-state index is -1.18. The Morgan fingerprint density at radius 2 is 2.12 bits per heavy atom. The number of hydrogen-bond acceptors (Lipinski definition) is 2. The van der Waals surface area contributed by atoms with Gasteiger partial charge in [0.25, 0.3) is 0 Å². The second-order valence-corrected chi connectivity index (χ2v) is 1.26. The summed E-state index contributed by atoms with van der Waals surface area (Å²) in [5.74, 6) is -1.15. The maximum Gasteiger partial charge on any atom is 0.332 e.